The number of pyridine rings is 1. The number of likely N-dealkylation sites (tertiary alicyclic amines) is 1. The van der Waals surface area contributed by atoms with Crippen molar-refractivity contribution in [3.05, 3.63) is 66.7 Å². The molecule has 1 aromatic heterocycles. The van der Waals surface area contributed by atoms with Crippen LogP contribution in [0.3, 0.4) is 0 Å². The highest BCUT2D eigenvalue weighted by Crippen LogP contribution is 2.46. The van der Waals surface area contributed by atoms with E-state index in [0.29, 0.717) is 66.9 Å². The van der Waals surface area contributed by atoms with Gasteiger partial charge in [-0.15, -0.1) is 0 Å². The normalized spacial score (nSPS) is 27.9. The lowest BCUT2D eigenvalue weighted by atomic mass is 9.88. The second-order valence-electron chi connectivity index (χ2n) is 18.3. The van der Waals surface area contributed by atoms with Gasteiger partial charge in [0.1, 0.15) is 29.2 Å². The first-order valence-electron chi connectivity index (χ1n) is 21.8. The molecule has 61 heavy (non-hydrogen) atoms. The lowest BCUT2D eigenvalue weighted by Gasteiger charge is -2.30. The molecule has 0 bridgehead atoms. The van der Waals surface area contributed by atoms with Gasteiger partial charge in [0.15, 0.2) is 0 Å². The number of allylic oxidation sites excluding steroid dienone is 1. The van der Waals surface area contributed by atoms with Crippen LogP contribution >= 0.6 is 0 Å². The maximum atomic E-state index is 15.0. The number of ether oxygens (including phenoxy) is 2. The Morgan fingerprint density at radius 1 is 1.02 bits per heavy atom. The molecule has 2 saturated heterocycles. The van der Waals surface area contributed by atoms with Crippen LogP contribution in [0.25, 0.3) is 22.2 Å². The van der Waals surface area contributed by atoms with Crippen LogP contribution in [0.1, 0.15) is 84.5 Å². The van der Waals surface area contributed by atoms with E-state index in [2.05, 4.69) is 10.0 Å². The number of nitrogens with one attached hydrogen (secondary N) is 2. The summed E-state index contributed by atoms with van der Waals surface area (Å²) in [6, 6.07) is 16.0. The summed E-state index contributed by atoms with van der Waals surface area (Å²) < 4.78 is 40.5. The van der Waals surface area contributed by atoms with Gasteiger partial charge < -0.3 is 30.3 Å². The summed E-state index contributed by atoms with van der Waals surface area (Å²) >= 11 is 0. The van der Waals surface area contributed by atoms with E-state index in [1.165, 1.54) is 4.90 Å². The minimum Gasteiger partial charge on any atom is -0.497 e. The predicted octanol–water partition coefficient (Wildman–Crippen LogP) is 4.85. The Morgan fingerprint density at radius 2 is 1.80 bits per heavy atom. The van der Waals surface area contributed by atoms with Crippen LogP contribution in [-0.2, 0) is 29.2 Å². The number of hydrogen-bond acceptors (Lipinski definition) is 10. The molecule has 6 atom stereocenters. The number of carbonyl (C=O) groups is 4. The Kier molecular flexibility index (Phi) is 11.9. The third-order valence-electron chi connectivity index (χ3n) is 13.3. The van der Waals surface area contributed by atoms with Gasteiger partial charge in [-0.25, -0.2) is 13.4 Å². The van der Waals surface area contributed by atoms with E-state index >= 15 is 0 Å². The second-order valence-corrected chi connectivity index (χ2v) is 20.3. The number of rotatable bonds is 10. The highest BCUT2D eigenvalue weighted by Gasteiger charge is 2.62. The van der Waals surface area contributed by atoms with Gasteiger partial charge >= 0.3 is 0 Å². The minimum absolute atomic E-state index is 0.00246. The molecule has 8 rings (SSSR count). The monoisotopic (exact) mass is 854 g/mol. The number of fused-ring (bicyclic) bond motifs is 3. The quantitative estimate of drug-likeness (QED) is 0.238. The highest BCUT2D eigenvalue weighted by atomic mass is 32.2. The van der Waals surface area contributed by atoms with Crippen LogP contribution in [0.4, 0.5) is 0 Å². The van der Waals surface area contributed by atoms with Crippen molar-refractivity contribution < 1.29 is 37.1 Å². The largest absolute Gasteiger partial charge is 0.497 e. The van der Waals surface area contributed by atoms with Gasteiger partial charge in [-0.3, -0.25) is 23.9 Å². The molecule has 4 heterocycles. The van der Waals surface area contributed by atoms with E-state index in [9.17, 15) is 27.6 Å². The first-order chi connectivity index (χ1) is 29.1. The average Bonchev–Trinajstić information content (AvgIpc) is 4.11. The maximum Gasteiger partial charge on any atom is 0.259 e. The number of amides is 4. The SMILES string of the molecule is COc1ccc2c(O[C@@H]3C[C@H]4C(=O)N[C@]5(C(=O)NS(=O)(=O)C6CC6)C[C@H]5/C=C\CCCCC[C@H](CC(=O)N5CC[C@H](C(C)(C)N)C5)C(=O)N4C3)cc(-c3ccccc3)nc2c1. The number of sulfonamides is 1. The van der Waals surface area contributed by atoms with Gasteiger partial charge in [-0.2, -0.15) is 0 Å². The molecule has 0 spiro atoms. The van der Waals surface area contributed by atoms with Crippen LogP contribution in [0.5, 0.6) is 11.5 Å². The smallest absolute Gasteiger partial charge is 0.259 e. The van der Waals surface area contributed by atoms with E-state index in [0.717, 1.165) is 31.2 Å². The Morgan fingerprint density at radius 3 is 2.52 bits per heavy atom. The number of methoxy groups -OCH3 is 1. The van der Waals surface area contributed by atoms with Crippen molar-refractivity contribution in [2.75, 3.05) is 26.7 Å². The van der Waals surface area contributed by atoms with E-state index in [4.69, 9.17) is 20.2 Å². The molecule has 3 aromatic rings. The van der Waals surface area contributed by atoms with Gasteiger partial charge in [0, 0.05) is 66.4 Å². The van der Waals surface area contributed by atoms with E-state index in [1.807, 2.05) is 85.5 Å². The first-order valence-corrected chi connectivity index (χ1v) is 23.3. The molecule has 15 heteroatoms. The van der Waals surface area contributed by atoms with Gasteiger partial charge in [0.05, 0.1) is 30.1 Å². The summed E-state index contributed by atoms with van der Waals surface area (Å²) in [4.78, 5) is 65.8. The molecule has 14 nitrogen and oxygen atoms in total. The van der Waals surface area contributed by atoms with Crippen LogP contribution in [0, 0.1) is 17.8 Å². The molecule has 2 aromatic carbocycles. The standard InChI is InChI=1S/C46H58N6O8S/c1-45(2,47)32-20-21-51(27-32)41(53)22-30-14-8-5-4-6-11-15-31-26-46(31,44(56)50-61(57,58)35-17-18-35)49-42(54)39-24-34(28-52(39)43(30)55)60-40-25-37(29-12-9-7-10-13-29)48-38-23-33(59-3)16-19-36(38)40/h7,9-13,15-16,19,23,25,30-32,34-35,39H,4-6,8,14,17-18,20-22,24,26-28,47H2,1-3H3,(H,49,54)(H,50,56)/b15-11-/t30-,31-,32+,34-,39+,46-/m1/s1. The molecule has 4 fully saturated rings. The third-order valence-corrected chi connectivity index (χ3v) is 15.1. The van der Waals surface area contributed by atoms with Crippen LogP contribution in [0.2, 0.25) is 0 Å². The van der Waals surface area contributed by atoms with Crippen molar-refractivity contribution in [1.29, 1.82) is 0 Å². The summed E-state index contributed by atoms with van der Waals surface area (Å²) in [5.74, 6) is -1.61. The van der Waals surface area contributed by atoms with Crippen molar-refractivity contribution in [2.24, 2.45) is 23.5 Å². The van der Waals surface area contributed by atoms with Crippen LogP contribution in [0.15, 0.2) is 66.7 Å². The number of benzene rings is 2. The molecule has 4 N–H and O–H groups in total. The highest BCUT2D eigenvalue weighted by molar-refractivity contribution is 7.91. The second kappa shape index (κ2) is 17.0. The number of aromatic nitrogens is 1. The van der Waals surface area contributed by atoms with E-state index < -0.39 is 62.1 Å². The Hall–Kier alpha value is -5.02. The molecule has 2 aliphatic carbocycles. The van der Waals surface area contributed by atoms with Crippen molar-refractivity contribution in [3.8, 4) is 22.8 Å². The lowest BCUT2D eigenvalue weighted by Crippen LogP contribution is -2.57. The summed E-state index contributed by atoms with van der Waals surface area (Å²) in [5, 5.41) is 3.05. The number of carbonyl (C=O) groups excluding carboxylic acids is 4. The molecule has 3 aliphatic heterocycles. The van der Waals surface area contributed by atoms with Crippen molar-refractivity contribution in [2.45, 2.75) is 113 Å². The minimum atomic E-state index is -3.90. The molecule has 0 unspecified atom stereocenters. The third kappa shape index (κ3) is 9.28. The maximum absolute atomic E-state index is 15.0. The van der Waals surface area contributed by atoms with Gasteiger partial charge in [0.2, 0.25) is 27.7 Å². The summed E-state index contributed by atoms with van der Waals surface area (Å²) in [6.45, 7) is 5.09. The molecule has 5 aliphatic rings. The summed E-state index contributed by atoms with van der Waals surface area (Å²) in [7, 11) is -2.31. The van der Waals surface area contributed by atoms with Crippen LogP contribution in [-0.4, -0.2) is 102 Å². The number of hydrogen-bond donors (Lipinski definition) is 3. The molecular weight excluding hydrogens is 797 g/mol. The van der Waals surface area contributed by atoms with E-state index in [1.54, 1.807) is 7.11 Å². The molecular formula is C46H58N6O8S. The zero-order valence-electron chi connectivity index (χ0n) is 35.3. The average molecular weight is 855 g/mol. The van der Waals surface area contributed by atoms with Crippen molar-refractivity contribution in [3.63, 3.8) is 0 Å². The summed E-state index contributed by atoms with van der Waals surface area (Å²) in [6.07, 6.45) is 8.84. The molecule has 0 radical (unpaired) electrons. The zero-order valence-corrected chi connectivity index (χ0v) is 36.1. The van der Waals surface area contributed by atoms with Gasteiger partial charge in [-0.1, -0.05) is 55.3 Å². The fourth-order valence-electron chi connectivity index (χ4n) is 9.25. The lowest BCUT2D eigenvalue weighted by molar-refractivity contribution is -0.145. The van der Waals surface area contributed by atoms with Gasteiger partial charge in [-0.05, 0) is 76.8 Å². The van der Waals surface area contributed by atoms with E-state index in [-0.39, 0.29) is 43.5 Å². The zero-order chi connectivity index (χ0) is 43.1. The number of nitrogens with zero attached hydrogens (tertiary/aromatic N) is 3. The van der Waals surface area contributed by atoms with Gasteiger partial charge in [0.25, 0.3) is 5.91 Å². The Balaban J connectivity index is 1.12. The fourth-order valence-corrected chi connectivity index (χ4v) is 10.6. The van der Waals surface area contributed by atoms with Crippen molar-refractivity contribution in [1.82, 2.24) is 24.8 Å². The predicted molar refractivity (Wildman–Crippen MR) is 231 cm³/mol. The Labute approximate surface area is 358 Å². The number of nitrogens with two attached hydrogens (primary N) is 1. The molecule has 4 amide bonds. The molecule has 326 valence electrons. The Bertz CT molecular complexity index is 2310. The van der Waals surface area contributed by atoms with Crippen LogP contribution < -0.4 is 25.2 Å². The topological polar surface area (TPSA) is 190 Å². The first kappa shape index (κ1) is 42.7. The summed E-state index contributed by atoms with van der Waals surface area (Å²) in [5.41, 5.74) is 6.67. The molecule has 2 saturated carbocycles. The fraction of sp³-hybridized carbons (Fsp3) is 0.543. The van der Waals surface area contributed by atoms with Crippen molar-refractivity contribution >= 4 is 44.6 Å².